The van der Waals surface area contributed by atoms with Crippen LogP contribution in [-0.2, 0) is 11.2 Å². The number of phenolic OH excluding ortho intramolecular Hbond substituents is 1. The highest BCUT2D eigenvalue weighted by Gasteiger charge is 2.06. The fourth-order valence-electron chi connectivity index (χ4n) is 1.22. The maximum atomic E-state index is 11.4. The van der Waals surface area contributed by atoms with Crippen molar-refractivity contribution < 1.29 is 9.90 Å². The van der Waals surface area contributed by atoms with Gasteiger partial charge in [0.05, 0.1) is 11.4 Å². The smallest absolute Gasteiger partial charge is 0.224 e. The van der Waals surface area contributed by atoms with Crippen molar-refractivity contribution in [1.29, 1.82) is 0 Å². The van der Waals surface area contributed by atoms with Crippen molar-refractivity contribution >= 4 is 23.1 Å². The summed E-state index contributed by atoms with van der Waals surface area (Å²) in [6, 6.07) is 6.75. The highest BCUT2D eigenvalue weighted by Crippen LogP contribution is 2.15. The Morgan fingerprint density at radius 3 is 2.75 bits per heavy atom. The monoisotopic (exact) mass is 238 g/mol. The van der Waals surface area contributed by atoms with Gasteiger partial charge in [0.25, 0.3) is 0 Å². The molecular weight excluding hydrogens is 224 g/mol. The first-order valence-corrected chi connectivity index (χ1v) is 5.32. The maximum Gasteiger partial charge on any atom is 0.224 e. The van der Waals surface area contributed by atoms with Crippen LogP contribution in [0.5, 0.6) is 5.75 Å². The molecule has 0 aliphatic carbocycles. The molecule has 5 heteroatoms. The van der Waals surface area contributed by atoms with E-state index in [1.54, 1.807) is 24.3 Å². The Kier molecular flexibility index (Phi) is 4.72. The number of phenols is 1. The average molecular weight is 238 g/mol. The molecule has 0 spiro atoms. The molecule has 1 amide bonds. The highest BCUT2D eigenvalue weighted by atomic mass is 32.1. The zero-order valence-corrected chi connectivity index (χ0v) is 9.59. The van der Waals surface area contributed by atoms with Crippen molar-refractivity contribution in [2.75, 3.05) is 6.54 Å². The molecular formula is C11H14N2O2S. The third kappa shape index (κ3) is 4.27. The number of carbonyl (C=O) groups excluding carboxylic acids is 1. The molecule has 0 saturated heterocycles. The number of nitrogens with one attached hydrogen (secondary N) is 1. The quantitative estimate of drug-likeness (QED) is 0.661. The molecule has 0 heterocycles. The first-order valence-electron chi connectivity index (χ1n) is 4.91. The summed E-state index contributed by atoms with van der Waals surface area (Å²) in [7, 11) is 0. The molecule has 0 bridgehead atoms. The summed E-state index contributed by atoms with van der Waals surface area (Å²) in [4.78, 5) is 11.8. The number of hydrogen-bond acceptors (Lipinski definition) is 3. The Bertz CT molecular complexity index is 393. The van der Waals surface area contributed by atoms with Crippen LogP contribution < -0.4 is 11.1 Å². The van der Waals surface area contributed by atoms with Crippen LogP contribution >= 0.6 is 12.2 Å². The van der Waals surface area contributed by atoms with E-state index >= 15 is 0 Å². The van der Waals surface area contributed by atoms with Gasteiger partial charge in [-0.3, -0.25) is 4.79 Å². The van der Waals surface area contributed by atoms with Gasteiger partial charge in [0.2, 0.25) is 5.91 Å². The van der Waals surface area contributed by atoms with E-state index in [-0.39, 0.29) is 18.1 Å². The van der Waals surface area contributed by atoms with Crippen LogP contribution in [0, 0.1) is 0 Å². The van der Waals surface area contributed by atoms with Gasteiger partial charge in [-0.25, -0.2) is 0 Å². The topological polar surface area (TPSA) is 75.3 Å². The van der Waals surface area contributed by atoms with E-state index in [0.29, 0.717) is 23.5 Å². The van der Waals surface area contributed by atoms with Gasteiger partial charge in [0.1, 0.15) is 5.75 Å². The van der Waals surface area contributed by atoms with E-state index in [0.717, 1.165) is 0 Å². The van der Waals surface area contributed by atoms with E-state index in [1.165, 1.54) is 0 Å². The Hall–Kier alpha value is -1.62. The first-order chi connectivity index (χ1) is 7.59. The van der Waals surface area contributed by atoms with E-state index in [2.05, 4.69) is 17.5 Å². The molecule has 1 rings (SSSR count). The van der Waals surface area contributed by atoms with Crippen LogP contribution in [0.1, 0.15) is 12.0 Å². The van der Waals surface area contributed by atoms with Gasteiger partial charge in [-0.2, -0.15) is 0 Å². The van der Waals surface area contributed by atoms with Crippen LogP contribution in [-0.4, -0.2) is 22.5 Å². The number of amides is 1. The van der Waals surface area contributed by atoms with Gasteiger partial charge in [-0.15, -0.1) is 0 Å². The fraction of sp³-hybridized carbons (Fsp3) is 0.273. The van der Waals surface area contributed by atoms with Crippen molar-refractivity contribution in [3.63, 3.8) is 0 Å². The van der Waals surface area contributed by atoms with Crippen molar-refractivity contribution in [2.24, 2.45) is 5.73 Å². The summed E-state index contributed by atoms with van der Waals surface area (Å²) >= 11 is 4.68. The number of nitrogens with two attached hydrogens (primary N) is 1. The fourth-order valence-corrected chi connectivity index (χ4v) is 1.32. The minimum Gasteiger partial charge on any atom is -0.508 e. The molecule has 0 aliphatic heterocycles. The van der Waals surface area contributed by atoms with E-state index in [1.807, 2.05) is 0 Å². The zero-order valence-electron chi connectivity index (χ0n) is 8.77. The minimum absolute atomic E-state index is 0.131. The number of thiocarbonyl (C=S) groups is 1. The number of rotatable bonds is 5. The predicted molar refractivity (Wildman–Crippen MR) is 66.2 cm³/mol. The standard InChI is InChI=1S/C11H14N2O2S/c12-10(16)5-6-13-11(15)7-8-3-1-2-4-9(8)14/h1-4,14H,5-7H2,(H2,12,16)(H,13,15). The summed E-state index contributed by atoms with van der Waals surface area (Å²) in [5.41, 5.74) is 5.90. The van der Waals surface area contributed by atoms with Gasteiger partial charge in [-0.05, 0) is 6.07 Å². The second-order valence-electron chi connectivity index (χ2n) is 3.37. The molecule has 0 saturated carbocycles. The van der Waals surface area contributed by atoms with Crippen LogP contribution in [0.25, 0.3) is 0 Å². The summed E-state index contributed by atoms with van der Waals surface area (Å²) in [5, 5.41) is 12.1. The number of benzene rings is 1. The highest BCUT2D eigenvalue weighted by molar-refractivity contribution is 7.80. The molecule has 0 aromatic heterocycles. The Morgan fingerprint density at radius 1 is 1.44 bits per heavy atom. The van der Waals surface area contributed by atoms with Crippen LogP contribution in [0.15, 0.2) is 24.3 Å². The molecule has 0 fully saturated rings. The van der Waals surface area contributed by atoms with E-state index < -0.39 is 0 Å². The third-order valence-corrected chi connectivity index (χ3v) is 2.24. The molecule has 4 nitrogen and oxygen atoms in total. The predicted octanol–water partition coefficient (Wildman–Crippen LogP) is 0.727. The van der Waals surface area contributed by atoms with Gasteiger partial charge >= 0.3 is 0 Å². The lowest BCUT2D eigenvalue weighted by Gasteiger charge is -2.05. The van der Waals surface area contributed by atoms with Crippen molar-refractivity contribution in [2.45, 2.75) is 12.8 Å². The molecule has 1 aromatic carbocycles. The van der Waals surface area contributed by atoms with E-state index in [9.17, 15) is 9.90 Å². The molecule has 0 atom stereocenters. The van der Waals surface area contributed by atoms with Gasteiger partial charge in [0, 0.05) is 18.5 Å². The molecule has 0 aliphatic rings. The molecule has 16 heavy (non-hydrogen) atoms. The molecule has 4 N–H and O–H groups in total. The summed E-state index contributed by atoms with van der Waals surface area (Å²) < 4.78 is 0. The largest absolute Gasteiger partial charge is 0.508 e. The Balaban J connectivity index is 2.40. The van der Waals surface area contributed by atoms with Gasteiger partial charge < -0.3 is 16.2 Å². The number of aromatic hydroxyl groups is 1. The summed E-state index contributed by atoms with van der Waals surface area (Å²) in [5.74, 6) is -0.0234. The second-order valence-corrected chi connectivity index (χ2v) is 3.90. The molecule has 1 aromatic rings. The van der Waals surface area contributed by atoms with Gasteiger partial charge in [0.15, 0.2) is 0 Å². The Labute approximate surface area is 99.5 Å². The van der Waals surface area contributed by atoms with Crippen LogP contribution in [0.3, 0.4) is 0 Å². The normalized spacial score (nSPS) is 9.75. The van der Waals surface area contributed by atoms with Crippen molar-refractivity contribution in [3.05, 3.63) is 29.8 Å². The minimum atomic E-state index is -0.155. The molecule has 0 radical (unpaired) electrons. The van der Waals surface area contributed by atoms with Crippen LogP contribution in [0.2, 0.25) is 0 Å². The third-order valence-electron chi connectivity index (χ3n) is 2.04. The lowest BCUT2D eigenvalue weighted by Crippen LogP contribution is -2.28. The lowest BCUT2D eigenvalue weighted by atomic mass is 10.1. The maximum absolute atomic E-state index is 11.4. The van der Waals surface area contributed by atoms with Crippen LogP contribution in [0.4, 0.5) is 0 Å². The average Bonchev–Trinajstić information content (AvgIpc) is 2.21. The van der Waals surface area contributed by atoms with E-state index in [4.69, 9.17) is 5.73 Å². The second kappa shape index (κ2) is 6.07. The Morgan fingerprint density at radius 2 is 2.12 bits per heavy atom. The van der Waals surface area contributed by atoms with Crippen molar-refractivity contribution in [3.8, 4) is 5.75 Å². The molecule has 86 valence electrons. The summed E-state index contributed by atoms with van der Waals surface area (Å²) in [6.45, 7) is 0.432. The van der Waals surface area contributed by atoms with Crippen molar-refractivity contribution in [1.82, 2.24) is 5.32 Å². The SMILES string of the molecule is NC(=S)CCNC(=O)Cc1ccccc1O. The summed E-state index contributed by atoms with van der Waals surface area (Å²) in [6.07, 6.45) is 0.645. The lowest BCUT2D eigenvalue weighted by molar-refractivity contribution is -0.120. The molecule has 0 unspecified atom stereocenters. The number of hydrogen-bond donors (Lipinski definition) is 3. The van der Waals surface area contributed by atoms with Gasteiger partial charge in [-0.1, -0.05) is 30.4 Å². The number of carbonyl (C=O) groups is 1. The first kappa shape index (κ1) is 12.4. The number of para-hydroxylation sites is 1. The zero-order chi connectivity index (χ0) is 12.0.